The molecule has 0 amide bonds. The molecule has 0 aliphatic carbocycles. The van der Waals surface area contributed by atoms with Gasteiger partial charge in [-0.3, -0.25) is 0 Å². The molecule has 4 nitrogen and oxygen atoms in total. The standard InChI is InChI=1S/C14H15F4N3OS/c1-9(2)21(11-5-3-10(15)4-6-11)7-8-22-13-20-19-12(23-13)14(16,17)18/h3-6,9H,7-8H2,1-2H3. The van der Waals surface area contributed by atoms with E-state index < -0.39 is 11.2 Å². The van der Waals surface area contributed by atoms with Crippen LogP contribution in [0, 0.1) is 5.82 Å². The molecule has 0 aliphatic heterocycles. The quantitative estimate of drug-likeness (QED) is 0.739. The van der Waals surface area contributed by atoms with E-state index in [0.29, 0.717) is 17.9 Å². The van der Waals surface area contributed by atoms with Crippen LogP contribution in [0.25, 0.3) is 0 Å². The Morgan fingerprint density at radius 1 is 1.17 bits per heavy atom. The molecule has 126 valence electrons. The van der Waals surface area contributed by atoms with Crippen molar-refractivity contribution < 1.29 is 22.3 Å². The summed E-state index contributed by atoms with van der Waals surface area (Å²) in [4.78, 5) is 1.95. The van der Waals surface area contributed by atoms with Gasteiger partial charge in [-0.2, -0.15) is 13.2 Å². The van der Waals surface area contributed by atoms with Gasteiger partial charge in [-0.1, -0.05) is 16.4 Å². The van der Waals surface area contributed by atoms with Gasteiger partial charge in [-0.25, -0.2) is 4.39 Å². The maximum absolute atomic E-state index is 13.0. The average Bonchev–Trinajstić information content (AvgIpc) is 2.93. The van der Waals surface area contributed by atoms with Crippen molar-refractivity contribution in [3.63, 3.8) is 0 Å². The highest BCUT2D eigenvalue weighted by atomic mass is 32.1. The minimum Gasteiger partial charge on any atom is -0.467 e. The molecule has 23 heavy (non-hydrogen) atoms. The number of hydrogen-bond acceptors (Lipinski definition) is 5. The predicted octanol–water partition coefficient (Wildman–Crippen LogP) is 3.99. The van der Waals surface area contributed by atoms with Crippen LogP contribution in [-0.2, 0) is 6.18 Å². The lowest BCUT2D eigenvalue weighted by atomic mass is 10.2. The molecule has 2 rings (SSSR count). The molecule has 0 atom stereocenters. The van der Waals surface area contributed by atoms with Crippen molar-refractivity contribution in [3.05, 3.63) is 35.1 Å². The Hall–Kier alpha value is -1.90. The van der Waals surface area contributed by atoms with Crippen LogP contribution in [-0.4, -0.2) is 29.4 Å². The van der Waals surface area contributed by atoms with Crippen molar-refractivity contribution in [1.29, 1.82) is 0 Å². The van der Waals surface area contributed by atoms with E-state index in [1.165, 1.54) is 12.1 Å². The fourth-order valence-corrected chi connectivity index (χ4v) is 2.52. The van der Waals surface area contributed by atoms with Crippen molar-refractivity contribution in [1.82, 2.24) is 10.2 Å². The van der Waals surface area contributed by atoms with Gasteiger partial charge in [0.25, 0.3) is 5.19 Å². The highest BCUT2D eigenvalue weighted by Gasteiger charge is 2.36. The molecular weight excluding hydrogens is 334 g/mol. The molecule has 0 bridgehead atoms. The lowest BCUT2D eigenvalue weighted by Gasteiger charge is -2.28. The minimum absolute atomic E-state index is 0.115. The van der Waals surface area contributed by atoms with Crippen LogP contribution in [0.1, 0.15) is 18.9 Å². The second-order valence-electron chi connectivity index (χ2n) is 4.98. The van der Waals surface area contributed by atoms with E-state index in [1.807, 2.05) is 18.7 Å². The average molecular weight is 349 g/mol. The molecule has 1 aromatic heterocycles. The zero-order valence-electron chi connectivity index (χ0n) is 12.5. The van der Waals surface area contributed by atoms with E-state index >= 15 is 0 Å². The Morgan fingerprint density at radius 2 is 1.83 bits per heavy atom. The highest BCUT2D eigenvalue weighted by molar-refractivity contribution is 7.13. The molecule has 0 unspecified atom stereocenters. The zero-order chi connectivity index (χ0) is 17.0. The molecule has 2 aromatic rings. The van der Waals surface area contributed by atoms with Crippen LogP contribution in [0.5, 0.6) is 5.19 Å². The van der Waals surface area contributed by atoms with E-state index in [-0.39, 0.29) is 23.7 Å². The van der Waals surface area contributed by atoms with Gasteiger partial charge >= 0.3 is 6.18 Å². The van der Waals surface area contributed by atoms with Crippen LogP contribution in [0.3, 0.4) is 0 Å². The predicted molar refractivity (Wildman–Crippen MR) is 79.3 cm³/mol. The molecule has 0 saturated carbocycles. The van der Waals surface area contributed by atoms with Gasteiger partial charge in [0.2, 0.25) is 5.01 Å². The molecule has 0 spiro atoms. The normalized spacial score (nSPS) is 11.8. The maximum atomic E-state index is 13.0. The smallest absolute Gasteiger partial charge is 0.445 e. The van der Waals surface area contributed by atoms with Gasteiger partial charge in [0.15, 0.2) is 0 Å². The Bertz CT molecular complexity index is 628. The van der Waals surface area contributed by atoms with Crippen LogP contribution < -0.4 is 9.64 Å². The van der Waals surface area contributed by atoms with Gasteiger partial charge in [0.1, 0.15) is 12.4 Å². The van der Waals surface area contributed by atoms with Crippen molar-refractivity contribution in [3.8, 4) is 5.19 Å². The summed E-state index contributed by atoms with van der Waals surface area (Å²) >= 11 is 0.360. The molecule has 0 N–H and O–H groups in total. The van der Waals surface area contributed by atoms with E-state index in [9.17, 15) is 17.6 Å². The third kappa shape index (κ3) is 4.78. The molecule has 0 aliphatic rings. The second kappa shape index (κ2) is 7.12. The van der Waals surface area contributed by atoms with Crippen molar-refractivity contribution in [2.24, 2.45) is 0 Å². The Labute approximate surface area is 134 Å². The van der Waals surface area contributed by atoms with Crippen molar-refractivity contribution in [2.75, 3.05) is 18.1 Å². The van der Waals surface area contributed by atoms with E-state index in [2.05, 4.69) is 10.2 Å². The summed E-state index contributed by atoms with van der Waals surface area (Å²) in [5.41, 5.74) is 0.804. The largest absolute Gasteiger partial charge is 0.467 e. The maximum Gasteiger partial charge on any atom is 0.445 e. The van der Waals surface area contributed by atoms with Crippen molar-refractivity contribution in [2.45, 2.75) is 26.1 Å². The first-order valence-corrected chi connectivity index (χ1v) is 7.64. The summed E-state index contributed by atoms with van der Waals surface area (Å²) < 4.78 is 55.5. The van der Waals surface area contributed by atoms with Crippen LogP contribution in [0.15, 0.2) is 24.3 Å². The number of nitrogens with zero attached hydrogens (tertiary/aromatic N) is 3. The molecule has 1 aromatic carbocycles. The monoisotopic (exact) mass is 349 g/mol. The van der Waals surface area contributed by atoms with Crippen LogP contribution >= 0.6 is 11.3 Å². The Balaban J connectivity index is 1.95. The summed E-state index contributed by atoms with van der Waals surface area (Å²) in [5, 5.41) is 5.26. The first-order chi connectivity index (χ1) is 10.8. The number of alkyl halides is 3. The molecule has 1 heterocycles. The number of aromatic nitrogens is 2. The summed E-state index contributed by atoms with van der Waals surface area (Å²) in [6.07, 6.45) is -4.52. The summed E-state index contributed by atoms with van der Waals surface area (Å²) in [5.74, 6) is -0.331. The third-order valence-corrected chi connectivity index (χ3v) is 3.87. The van der Waals surface area contributed by atoms with Gasteiger partial charge in [-0.15, -0.1) is 5.10 Å². The second-order valence-corrected chi connectivity index (χ2v) is 5.92. The number of rotatable bonds is 6. The van der Waals surface area contributed by atoms with E-state index in [0.717, 1.165) is 5.69 Å². The van der Waals surface area contributed by atoms with Crippen molar-refractivity contribution >= 4 is 17.0 Å². The molecule has 0 saturated heterocycles. The third-order valence-electron chi connectivity index (χ3n) is 2.99. The summed E-state index contributed by atoms with van der Waals surface area (Å²) in [7, 11) is 0. The van der Waals surface area contributed by atoms with Crippen LogP contribution in [0.2, 0.25) is 0 Å². The first kappa shape index (κ1) is 17.5. The van der Waals surface area contributed by atoms with E-state index in [4.69, 9.17) is 4.74 Å². The fraction of sp³-hybridized carbons (Fsp3) is 0.429. The van der Waals surface area contributed by atoms with Crippen LogP contribution in [0.4, 0.5) is 23.2 Å². The summed E-state index contributed by atoms with van der Waals surface area (Å²) in [6, 6.07) is 6.10. The van der Waals surface area contributed by atoms with Gasteiger partial charge in [0, 0.05) is 11.7 Å². The topological polar surface area (TPSA) is 38.2 Å². The Kier molecular flexibility index (Phi) is 5.40. The number of benzene rings is 1. The van der Waals surface area contributed by atoms with Gasteiger partial charge in [0.05, 0.1) is 6.54 Å². The molecular formula is C14H15F4N3OS. The SMILES string of the molecule is CC(C)N(CCOc1nnc(C(F)(F)F)s1)c1ccc(F)cc1. The number of hydrogen-bond donors (Lipinski definition) is 0. The number of ether oxygens (including phenoxy) is 1. The van der Waals surface area contributed by atoms with E-state index in [1.54, 1.807) is 12.1 Å². The fourth-order valence-electron chi connectivity index (χ4n) is 1.93. The number of anilines is 1. The minimum atomic E-state index is -4.52. The zero-order valence-corrected chi connectivity index (χ0v) is 13.3. The summed E-state index contributed by atoms with van der Waals surface area (Å²) in [6.45, 7) is 4.47. The number of halogens is 4. The van der Waals surface area contributed by atoms with Gasteiger partial charge < -0.3 is 9.64 Å². The molecule has 0 fully saturated rings. The lowest BCUT2D eigenvalue weighted by molar-refractivity contribution is -0.138. The van der Waals surface area contributed by atoms with Gasteiger partial charge in [-0.05, 0) is 38.1 Å². The lowest BCUT2D eigenvalue weighted by Crippen LogP contribution is -2.34. The Morgan fingerprint density at radius 3 is 2.35 bits per heavy atom. The molecule has 9 heteroatoms. The molecule has 0 radical (unpaired) electrons. The first-order valence-electron chi connectivity index (χ1n) is 6.83. The highest BCUT2D eigenvalue weighted by Crippen LogP contribution is 2.33.